The summed E-state index contributed by atoms with van der Waals surface area (Å²) < 4.78 is 8.71. The molecule has 0 heterocycles. The van der Waals surface area contributed by atoms with Crippen molar-refractivity contribution in [2.75, 3.05) is 40.4 Å². The number of hydrogen-bond acceptors (Lipinski definition) is 8. The van der Waals surface area contributed by atoms with Gasteiger partial charge in [0, 0.05) is 43.5 Å². The zero-order valence-corrected chi connectivity index (χ0v) is 15.0. The van der Waals surface area contributed by atoms with Crippen LogP contribution in [0.1, 0.15) is 6.42 Å². The minimum absolute atomic E-state index is 0.0118. The van der Waals surface area contributed by atoms with E-state index in [0.29, 0.717) is 13.1 Å². The van der Waals surface area contributed by atoms with E-state index in [2.05, 4.69) is 30.3 Å². The predicted molar refractivity (Wildman–Crippen MR) is 88.1 cm³/mol. The van der Waals surface area contributed by atoms with Gasteiger partial charge in [-0.2, -0.15) is 0 Å². The Kier molecular flexibility index (Phi) is 13.4. The van der Waals surface area contributed by atoms with Gasteiger partial charge in [-0.1, -0.05) is 0 Å². The van der Waals surface area contributed by atoms with Gasteiger partial charge in [0.1, 0.15) is 0 Å². The van der Waals surface area contributed by atoms with E-state index in [0.717, 1.165) is 0 Å². The molecule has 0 aliphatic carbocycles. The molecular weight excluding hydrogens is 346 g/mol. The minimum atomic E-state index is -0.647. The minimum Gasteiger partial charge on any atom is -0.453 e. The van der Waals surface area contributed by atoms with Crippen LogP contribution in [0.25, 0.3) is 0 Å². The standard InChI is InChI=1S/C11H22N4O6P2/c1-20-10(18)12-4-3-8(16)22-14-5-6-15-23-9(17)7-13-11(19)21-2/h14-15,22-23H,3-7H2,1-2H3,(H,12,18)(H,13,19). The number of carbonyl (C=O) groups excluding carboxylic acids is 4. The number of rotatable bonds is 12. The third kappa shape index (κ3) is 14.0. The SMILES string of the molecule is COC(=O)NCCC(=O)PNCCNPC(=O)CNC(=O)OC. The second-order valence-corrected chi connectivity index (χ2v) is 6.29. The van der Waals surface area contributed by atoms with Crippen LogP contribution in [0.3, 0.4) is 0 Å². The number of methoxy groups -OCH3 is 2. The molecule has 0 aliphatic heterocycles. The van der Waals surface area contributed by atoms with E-state index in [9.17, 15) is 19.2 Å². The van der Waals surface area contributed by atoms with Crippen molar-refractivity contribution in [3.63, 3.8) is 0 Å². The molecular formula is C11H22N4O6P2. The molecule has 0 saturated heterocycles. The molecule has 23 heavy (non-hydrogen) atoms. The number of amides is 2. The molecule has 2 amide bonds. The summed E-state index contributed by atoms with van der Waals surface area (Å²) in [5.41, 5.74) is -0.162. The first kappa shape index (κ1) is 21.7. The molecule has 0 saturated carbocycles. The van der Waals surface area contributed by atoms with Gasteiger partial charge in [-0.15, -0.1) is 0 Å². The first-order valence-electron chi connectivity index (χ1n) is 6.66. The van der Waals surface area contributed by atoms with Gasteiger partial charge in [-0.3, -0.25) is 19.8 Å². The summed E-state index contributed by atoms with van der Waals surface area (Å²) in [4.78, 5) is 44.3. The second-order valence-electron chi connectivity index (χ2n) is 3.96. The molecule has 12 heteroatoms. The zero-order chi connectivity index (χ0) is 17.5. The normalized spacial score (nSPS) is 10.9. The van der Waals surface area contributed by atoms with Crippen LogP contribution in [-0.2, 0) is 19.1 Å². The van der Waals surface area contributed by atoms with Gasteiger partial charge < -0.3 is 20.1 Å². The van der Waals surface area contributed by atoms with Gasteiger partial charge in [0.15, 0.2) is 11.0 Å². The Morgan fingerprint density at radius 3 is 1.87 bits per heavy atom. The van der Waals surface area contributed by atoms with Gasteiger partial charge in [0.2, 0.25) is 0 Å². The fourth-order valence-corrected chi connectivity index (χ4v) is 2.45. The van der Waals surface area contributed by atoms with Gasteiger partial charge in [-0.05, 0) is 0 Å². The molecule has 0 aromatic rings. The lowest BCUT2D eigenvalue weighted by Gasteiger charge is -2.07. The Hall–Kier alpha value is -1.34. The molecule has 0 spiro atoms. The molecule has 4 N–H and O–H groups in total. The lowest BCUT2D eigenvalue weighted by Crippen LogP contribution is -2.29. The van der Waals surface area contributed by atoms with E-state index in [1.165, 1.54) is 14.2 Å². The van der Waals surface area contributed by atoms with Crippen LogP contribution in [0.15, 0.2) is 0 Å². The summed E-state index contributed by atoms with van der Waals surface area (Å²) in [7, 11) is 2.28. The second kappa shape index (κ2) is 14.3. The molecule has 0 aliphatic rings. The van der Waals surface area contributed by atoms with Crippen LogP contribution in [0.4, 0.5) is 9.59 Å². The lowest BCUT2D eigenvalue weighted by molar-refractivity contribution is -0.111. The van der Waals surface area contributed by atoms with Gasteiger partial charge in [0.05, 0.1) is 20.8 Å². The van der Waals surface area contributed by atoms with Crippen molar-refractivity contribution < 1.29 is 28.7 Å². The van der Waals surface area contributed by atoms with Crippen LogP contribution in [0, 0.1) is 0 Å². The molecule has 0 aromatic carbocycles. The fraction of sp³-hybridized carbons (Fsp3) is 0.636. The molecule has 132 valence electrons. The third-order valence-electron chi connectivity index (χ3n) is 2.22. The smallest absolute Gasteiger partial charge is 0.407 e. The highest BCUT2D eigenvalue weighted by Gasteiger charge is 2.05. The van der Waals surface area contributed by atoms with Crippen molar-refractivity contribution in [1.82, 2.24) is 20.8 Å². The van der Waals surface area contributed by atoms with Crippen LogP contribution in [-0.4, -0.2) is 63.6 Å². The molecule has 10 nitrogen and oxygen atoms in total. The topological polar surface area (TPSA) is 135 Å². The van der Waals surface area contributed by atoms with Crippen molar-refractivity contribution in [1.29, 1.82) is 0 Å². The van der Waals surface area contributed by atoms with Crippen LogP contribution >= 0.6 is 17.5 Å². The predicted octanol–water partition coefficient (Wildman–Crippen LogP) is -0.492. The maximum atomic E-state index is 11.5. The summed E-state index contributed by atoms with van der Waals surface area (Å²) in [5.74, 6) is 0. The lowest BCUT2D eigenvalue weighted by atomic mass is 10.5. The van der Waals surface area contributed by atoms with Crippen LogP contribution < -0.4 is 20.8 Å². The van der Waals surface area contributed by atoms with E-state index in [1.807, 2.05) is 0 Å². The van der Waals surface area contributed by atoms with E-state index in [-0.39, 0.29) is 48.0 Å². The zero-order valence-electron chi connectivity index (χ0n) is 13.0. The van der Waals surface area contributed by atoms with E-state index >= 15 is 0 Å². The number of alkyl carbamates (subject to hydrolysis) is 2. The van der Waals surface area contributed by atoms with Crippen molar-refractivity contribution in [2.45, 2.75) is 6.42 Å². The quantitative estimate of drug-likeness (QED) is 0.268. The highest BCUT2D eigenvalue weighted by Crippen LogP contribution is 2.07. The molecule has 0 fully saturated rings. The first-order chi connectivity index (χ1) is 11.0. The average Bonchev–Trinajstić information content (AvgIpc) is 2.55. The van der Waals surface area contributed by atoms with E-state index in [1.54, 1.807) is 0 Å². The number of carbonyl (C=O) groups is 4. The summed E-state index contributed by atoms with van der Waals surface area (Å²) in [6, 6.07) is 0. The summed E-state index contributed by atoms with van der Waals surface area (Å²) >= 11 is 0. The summed E-state index contributed by atoms with van der Waals surface area (Å²) in [6.07, 6.45) is -0.982. The summed E-state index contributed by atoms with van der Waals surface area (Å²) in [5, 5.41) is 10.6. The van der Waals surface area contributed by atoms with E-state index < -0.39 is 12.2 Å². The first-order valence-corrected chi connectivity index (χ1v) is 8.66. The van der Waals surface area contributed by atoms with Crippen molar-refractivity contribution >= 4 is 40.7 Å². The highest BCUT2D eigenvalue weighted by atomic mass is 31.1. The van der Waals surface area contributed by atoms with Crippen molar-refractivity contribution in [3.8, 4) is 0 Å². The summed E-state index contributed by atoms with van der Waals surface area (Å²) in [6.45, 7) is 1.20. The van der Waals surface area contributed by atoms with E-state index in [4.69, 9.17) is 0 Å². The molecule has 0 aromatic heterocycles. The Labute approximate surface area is 137 Å². The maximum Gasteiger partial charge on any atom is 0.407 e. The average molecular weight is 368 g/mol. The Balaban J connectivity index is 3.44. The third-order valence-corrected chi connectivity index (χ3v) is 4.05. The Bertz CT molecular complexity index is 410. The number of nitrogens with one attached hydrogen (secondary N) is 4. The van der Waals surface area contributed by atoms with Gasteiger partial charge in [0.25, 0.3) is 0 Å². The fourth-order valence-electron chi connectivity index (χ4n) is 1.13. The van der Waals surface area contributed by atoms with Crippen molar-refractivity contribution in [2.24, 2.45) is 0 Å². The molecule has 0 rings (SSSR count). The van der Waals surface area contributed by atoms with Crippen LogP contribution in [0.5, 0.6) is 0 Å². The molecule has 0 radical (unpaired) electrons. The van der Waals surface area contributed by atoms with Crippen molar-refractivity contribution in [3.05, 3.63) is 0 Å². The molecule has 2 atom stereocenters. The maximum absolute atomic E-state index is 11.5. The molecule has 2 unspecified atom stereocenters. The Morgan fingerprint density at radius 2 is 1.30 bits per heavy atom. The van der Waals surface area contributed by atoms with Crippen LogP contribution in [0.2, 0.25) is 0 Å². The van der Waals surface area contributed by atoms with Gasteiger partial charge in [-0.25, -0.2) is 9.59 Å². The highest BCUT2D eigenvalue weighted by molar-refractivity contribution is 7.56. The monoisotopic (exact) mass is 368 g/mol. The number of ether oxygens (including phenoxy) is 2. The number of hydrogen-bond donors (Lipinski definition) is 4. The van der Waals surface area contributed by atoms with Gasteiger partial charge >= 0.3 is 12.2 Å². The largest absolute Gasteiger partial charge is 0.453 e. The Morgan fingerprint density at radius 1 is 0.783 bits per heavy atom. The molecule has 0 bridgehead atoms.